The van der Waals surface area contributed by atoms with Gasteiger partial charge in [0.1, 0.15) is 0 Å². The van der Waals surface area contributed by atoms with Gasteiger partial charge in [-0.1, -0.05) is 22.9 Å². The minimum Gasteiger partial charge on any atom is -0.380 e. The number of nitrogens with zero attached hydrogens (tertiary/aromatic N) is 1. The van der Waals surface area contributed by atoms with Crippen LogP contribution in [0.4, 0.5) is 0 Å². The fourth-order valence-electron chi connectivity index (χ4n) is 1.72. The minimum absolute atomic E-state index is 0.272. The predicted molar refractivity (Wildman–Crippen MR) is 87.5 cm³/mol. The second-order valence-electron chi connectivity index (χ2n) is 4.23. The topological polar surface area (TPSA) is 46.6 Å². The van der Waals surface area contributed by atoms with Crippen molar-refractivity contribution in [3.63, 3.8) is 0 Å². The van der Waals surface area contributed by atoms with Crippen molar-refractivity contribution in [3.05, 3.63) is 26.6 Å². The van der Waals surface area contributed by atoms with Crippen molar-refractivity contribution < 1.29 is 13.2 Å². The molecule has 0 unspecified atom stereocenters. The van der Waals surface area contributed by atoms with E-state index in [1.54, 1.807) is 12.1 Å². The molecular weight excluding hydrogens is 410 g/mol. The van der Waals surface area contributed by atoms with Crippen LogP contribution in [0.3, 0.4) is 0 Å². The molecule has 0 heterocycles. The standard InChI is InChI=1S/C13H19Br2NO3S/c1-4-16(6-7-19-5-2)20(17,18)13-9-11(14)10(3)8-12(13)15/h8-9H,4-7H2,1-3H3. The molecule has 0 spiro atoms. The third kappa shape index (κ3) is 4.27. The summed E-state index contributed by atoms with van der Waals surface area (Å²) in [6, 6.07) is 3.44. The molecule has 0 saturated carbocycles. The van der Waals surface area contributed by atoms with E-state index in [0.717, 1.165) is 10.0 Å². The van der Waals surface area contributed by atoms with E-state index < -0.39 is 10.0 Å². The maximum absolute atomic E-state index is 12.7. The molecule has 0 aromatic heterocycles. The molecule has 0 radical (unpaired) electrons. The molecule has 7 heteroatoms. The van der Waals surface area contributed by atoms with Crippen molar-refractivity contribution in [3.8, 4) is 0 Å². The second-order valence-corrected chi connectivity index (χ2v) is 7.84. The molecule has 20 heavy (non-hydrogen) atoms. The summed E-state index contributed by atoms with van der Waals surface area (Å²) in [6.45, 7) is 7.36. The highest BCUT2D eigenvalue weighted by Crippen LogP contribution is 2.30. The summed E-state index contributed by atoms with van der Waals surface area (Å²) in [4.78, 5) is 0.272. The number of aryl methyl sites for hydroxylation is 1. The maximum atomic E-state index is 12.7. The molecule has 4 nitrogen and oxygen atoms in total. The first-order chi connectivity index (χ1) is 9.34. The molecule has 1 aromatic carbocycles. The zero-order valence-electron chi connectivity index (χ0n) is 11.8. The molecule has 1 rings (SSSR count). The number of hydrogen-bond donors (Lipinski definition) is 0. The van der Waals surface area contributed by atoms with Crippen molar-refractivity contribution in [1.82, 2.24) is 4.31 Å². The lowest BCUT2D eigenvalue weighted by atomic mass is 10.2. The van der Waals surface area contributed by atoms with Gasteiger partial charge in [0.2, 0.25) is 10.0 Å². The number of sulfonamides is 1. The molecule has 114 valence electrons. The van der Waals surface area contributed by atoms with Crippen LogP contribution in [0, 0.1) is 6.92 Å². The molecule has 1 aromatic rings. The monoisotopic (exact) mass is 427 g/mol. The number of likely N-dealkylation sites (N-methyl/N-ethyl adjacent to an activating group) is 1. The number of halogens is 2. The summed E-state index contributed by atoms with van der Waals surface area (Å²) >= 11 is 6.72. The van der Waals surface area contributed by atoms with E-state index in [-0.39, 0.29) is 4.90 Å². The number of hydrogen-bond acceptors (Lipinski definition) is 3. The highest BCUT2D eigenvalue weighted by atomic mass is 79.9. The molecule has 0 N–H and O–H groups in total. The van der Waals surface area contributed by atoms with E-state index in [1.165, 1.54) is 4.31 Å². The maximum Gasteiger partial charge on any atom is 0.244 e. The normalized spacial score (nSPS) is 12.1. The Morgan fingerprint density at radius 1 is 1.20 bits per heavy atom. The molecule has 0 aliphatic carbocycles. The molecule has 0 atom stereocenters. The Morgan fingerprint density at radius 2 is 1.85 bits per heavy atom. The Bertz CT molecular complexity index is 561. The summed E-state index contributed by atoms with van der Waals surface area (Å²) < 4.78 is 33.3. The van der Waals surface area contributed by atoms with E-state index in [1.807, 2.05) is 20.8 Å². The van der Waals surface area contributed by atoms with Crippen molar-refractivity contribution in [1.29, 1.82) is 0 Å². The average Bonchev–Trinajstić information content (AvgIpc) is 2.38. The van der Waals surface area contributed by atoms with Gasteiger partial charge in [-0.15, -0.1) is 0 Å². The van der Waals surface area contributed by atoms with Gasteiger partial charge in [-0.05, 0) is 47.5 Å². The lowest BCUT2D eigenvalue weighted by Gasteiger charge is -2.21. The van der Waals surface area contributed by atoms with E-state index in [2.05, 4.69) is 31.9 Å². The van der Waals surface area contributed by atoms with Crippen LogP contribution < -0.4 is 0 Å². The molecule has 0 bridgehead atoms. The van der Waals surface area contributed by atoms with Gasteiger partial charge in [-0.3, -0.25) is 0 Å². The van der Waals surface area contributed by atoms with Crippen molar-refractivity contribution in [2.75, 3.05) is 26.3 Å². The molecule has 0 amide bonds. The molecular formula is C13H19Br2NO3S. The smallest absolute Gasteiger partial charge is 0.244 e. The molecule has 0 saturated heterocycles. The average molecular weight is 429 g/mol. The van der Waals surface area contributed by atoms with Gasteiger partial charge in [0.05, 0.1) is 11.5 Å². The van der Waals surface area contributed by atoms with Crippen molar-refractivity contribution >= 4 is 41.9 Å². The van der Waals surface area contributed by atoms with Gasteiger partial charge < -0.3 is 4.74 Å². The number of ether oxygens (including phenoxy) is 1. The number of rotatable bonds is 7. The van der Waals surface area contributed by atoms with Crippen LogP contribution in [-0.2, 0) is 14.8 Å². The van der Waals surface area contributed by atoms with Crippen molar-refractivity contribution in [2.24, 2.45) is 0 Å². The summed E-state index contributed by atoms with van der Waals surface area (Å²) in [5.41, 5.74) is 0.980. The van der Waals surface area contributed by atoms with E-state index in [9.17, 15) is 8.42 Å². The lowest BCUT2D eigenvalue weighted by Crippen LogP contribution is -2.34. The van der Waals surface area contributed by atoms with Gasteiger partial charge in [-0.2, -0.15) is 4.31 Å². The zero-order valence-corrected chi connectivity index (χ0v) is 15.8. The summed E-state index contributed by atoms with van der Waals surface area (Å²) in [6.07, 6.45) is 0. The summed E-state index contributed by atoms with van der Waals surface area (Å²) in [5.74, 6) is 0. The second kappa shape index (κ2) is 7.89. The fourth-order valence-corrected chi connectivity index (χ4v) is 4.80. The summed E-state index contributed by atoms with van der Waals surface area (Å²) in [7, 11) is -3.53. The minimum atomic E-state index is -3.53. The zero-order chi connectivity index (χ0) is 15.3. The Balaban J connectivity index is 3.11. The van der Waals surface area contributed by atoms with Crippen LogP contribution >= 0.6 is 31.9 Å². The summed E-state index contributed by atoms with van der Waals surface area (Å²) in [5, 5.41) is 0. The van der Waals surface area contributed by atoms with E-state index >= 15 is 0 Å². The SMILES string of the molecule is CCOCCN(CC)S(=O)(=O)c1cc(Br)c(C)cc1Br. The third-order valence-electron chi connectivity index (χ3n) is 2.87. The van der Waals surface area contributed by atoms with Gasteiger partial charge >= 0.3 is 0 Å². The third-order valence-corrected chi connectivity index (χ3v) is 6.66. The van der Waals surface area contributed by atoms with Gasteiger partial charge in [0.15, 0.2) is 0 Å². The van der Waals surface area contributed by atoms with Crippen LogP contribution in [0.25, 0.3) is 0 Å². The fraction of sp³-hybridized carbons (Fsp3) is 0.538. The number of benzene rings is 1. The highest BCUT2D eigenvalue weighted by Gasteiger charge is 2.25. The molecule has 0 fully saturated rings. The van der Waals surface area contributed by atoms with Crippen LogP contribution in [0.15, 0.2) is 26.0 Å². The Hall–Kier alpha value is 0.0500. The molecule has 0 aliphatic heterocycles. The van der Waals surface area contributed by atoms with E-state index in [0.29, 0.717) is 30.8 Å². The van der Waals surface area contributed by atoms with Crippen LogP contribution in [-0.4, -0.2) is 39.0 Å². The van der Waals surface area contributed by atoms with Crippen LogP contribution in [0.2, 0.25) is 0 Å². The van der Waals surface area contributed by atoms with E-state index in [4.69, 9.17) is 4.74 Å². The van der Waals surface area contributed by atoms with Crippen LogP contribution in [0.1, 0.15) is 19.4 Å². The van der Waals surface area contributed by atoms with Crippen molar-refractivity contribution in [2.45, 2.75) is 25.7 Å². The Labute approximate surface area is 137 Å². The van der Waals surface area contributed by atoms with Gasteiger partial charge in [0, 0.05) is 28.6 Å². The van der Waals surface area contributed by atoms with Crippen LogP contribution in [0.5, 0.6) is 0 Å². The first-order valence-electron chi connectivity index (χ1n) is 6.38. The van der Waals surface area contributed by atoms with Gasteiger partial charge in [-0.25, -0.2) is 8.42 Å². The first kappa shape index (κ1) is 18.1. The Morgan fingerprint density at radius 3 is 2.40 bits per heavy atom. The first-order valence-corrected chi connectivity index (χ1v) is 9.40. The predicted octanol–water partition coefficient (Wildman–Crippen LogP) is 3.57. The Kier molecular flexibility index (Phi) is 7.14. The quantitative estimate of drug-likeness (QED) is 0.623. The molecule has 0 aliphatic rings. The lowest BCUT2D eigenvalue weighted by molar-refractivity contribution is 0.135. The highest BCUT2D eigenvalue weighted by molar-refractivity contribution is 9.11. The largest absolute Gasteiger partial charge is 0.380 e. The van der Waals surface area contributed by atoms with Gasteiger partial charge in [0.25, 0.3) is 0 Å².